The summed E-state index contributed by atoms with van der Waals surface area (Å²) in [5, 5.41) is 0. The van der Waals surface area contributed by atoms with Gasteiger partial charge in [0.15, 0.2) is 6.10 Å². The van der Waals surface area contributed by atoms with E-state index in [0.717, 1.165) is 0 Å². The van der Waals surface area contributed by atoms with Crippen molar-refractivity contribution in [2.24, 2.45) is 0 Å². The summed E-state index contributed by atoms with van der Waals surface area (Å²) in [6.45, 7) is 6.31. The Morgan fingerprint density at radius 2 is 1.43 bits per heavy atom. The van der Waals surface area contributed by atoms with Crippen molar-refractivity contribution in [1.82, 2.24) is 0 Å². The molecule has 0 amide bonds. The molecule has 0 saturated heterocycles. The SMILES string of the molecule is C[Si](C)(C)CC(=O)OC(C(=O)c1ccccc1)c1ccccc1. The van der Waals surface area contributed by atoms with Crippen molar-refractivity contribution in [2.45, 2.75) is 31.8 Å². The minimum absolute atomic E-state index is 0.194. The lowest BCUT2D eigenvalue weighted by Gasteiger charge is -2.20. The minimum atomic E-state index is -1.59. The van der Waals surface area contributed by atoms with E-state index in [-0.39, 0.29) is 11.8 Å². The molecule has 0 aliphatic carbocycles. The van der Waals surface area contributed by atoms with Crippen molar-refractivity contribution in [2.75, 3.05) is 0 Å². The second kappa shape index (κ2) is 7.37. The zero-order valence-electron chi connectivity index (χ0n) is 13.8. The normalized spacial score (nSPS) is 12.5. The number of Topliss-reactive ketones (excluding diaryl/α,β-unsaturated/α-hetero) is 1. The van der Waals surface area contributed by atoms with Gasteiger partial charge >= 0.3 is 5.97 Å². The lowest BCUT2D eigenvalue weighted by atomic mass is 10.00. The Morgan fingerprint density at radius 1 is 0.913 bits per heavy atom. The number of hydrogen-bond acceptors (Lipinski definition) is 3. The highest BCUT2D eigenvalue weighted by molar-refractivity contribution is 6.78. The number of hydrogen-bond donors (Lipinski definition) is 0. The van der Waals surface area contributed by atoms with Crippen molar-refractivity contribution >= 4 is 19.8 Å². The van der Waals surface area contributed by atoms with E-state index in [0.29, 0.717) is 17.2 Å². The molecule has 0 aliphatic heterocycles. The first-order valence-corrected chi connectivity index (χ1v) is 11.4. The van der Waals surface area contributed by atoms with Crippen LogP contribution in [0, 0.1) is 0 Å². The highest BCUT2D eigenvalue weighted by atomic mass is 28.3. The van der Waals surface area contributed by atoms with E-state index < -0.39 is 14.2 Å². The van der Waals surface area contributed by atoms with E-state index in [1.807, 2.05) is 36.4 Å². The molecular weight excluding hydrogens is 304 g/mol. The van der Waals surface area contributed by atoms with Crippen molar-refractivity contribution in [3.63, 3.8) is 0 Å². The Kier molecular flexibility index (Phi) is 5.50. The van der Waals surface area contributed by atoms with Gasteiger partial charge in [-0.05, 0) is 0 Å². The second-order valence-electron chi connectivity index (χ2n) is 6.75. The number of esters is 1. The Hall–Kier alpha value is -2.20. The van der Waals surface area contributed by atoms with E-state index >= 15 is 0 Å². The highest BCUT2D eigenvalue weighted by Gasteiger charge is 2.28. The van der Waals surface area contributed by atoms with Gasteiger partial charge in [0.05, 0.1) is 8.07 Å². The maximum absolute atomic E-state index is 12.8. The molecule has 2 aromatic carbocycles. The molecule has 0 radical (unpaired) electrons. The first-order valence-electron chi connectivity index (χ1n) is 7.70. The van der Waals surface area contributed by atoms with E-state index in [2.05, 4.69) is 19.6 Å². The van der Waals surface area contributed by atoms with Gasteiger partial charge < -0.3 is 4.74 Å². The maximum Gasteiger partial charge on any atom is 0.304 e. The van der Waals surface area contributed by atoms with Gasteiger partial charge in [-0.15, -0.1) is 0 Å². The topological polar surface area (TPSA) is 43.4 Å². The van der Waals surface area contributed by atoms with Crippen molar-refractivity contribution in [3.8, 4) is 0 Å². The van der Waals surface area contributed by atoms with Crippen LogP contribution in [-0.4, -0.2) is 19.8 Å². The van der Waals surface area contributed by atoms with Crippen LogP contribution in [-0.2, 0) is 9.53 Å². The number of rotatable bonds is 6. The van der Waals surface area contributed by atoms with E-state index in [1.54, 1.807) is 24.3 Å². The number of ketones is 1. The lowest BCUT2D eigenvalue weighted by molar-refractivity contribution is -0.144. The van der Waals surface area contributed by atoms with Gasteiger partial charge in [-0.1, -0.05) is 80.3 Å². The molecule has 3 nitrogen and oxygen atoms in total. The molecule has 1 atom stereocenters. The van der Waals surface area contributed by atoms with Gasteiger partial charge in [0, 0.05) is 17.2 Å². The summed E-state index contributed by atoms with van der Waals surface area (Å²) < 4.78 is 5.58. The van der Waals surface area contributed by atoms with Crippen LogP contribution in [0.15, 0.2) is 60.7 Å². The minimum Gasteiger partial charge on any atom is -0.449 e. The van der Waals surface area contributed by atoms with E-state index in [1.165, 1.54) is 0 Å². The maximum atomic E-state index is 12.8. The molecule has 4 heteroatoms. The molecule has 0 fully saturated rings. The number of ether oxygens (including phenoxy) is 1. The van der Waals surface area contributed by atoms with E-state index in [4.69, 9.17) is 4.74 Å². The van der Waals surface area contributed by atoms with Gasteiger partial charge in [-0.2, -0.15) is 0 Å². The first-order chi connectivity index (χ1) is 10.9. The Bertz CT molecular complexity index is 660. The van der Waals surface area contributed by atoms with Crippen LogP contribution >= 0.6 is 0 Å². The third kappa shape index (κ3) is 5.18. The zero-order valence-corrected chi connectivity index (χ0v) is 14.8. The molecule has 2 aromatic rings. The Morgan fingerprint density at radius 3 is 1.96 bits per heavy atom. The van der Waals surface area contributed by atoms with Gasteiger partial charge in [0.2, 0.25) is 5.78 Å². The zero-order chi connectivity index (χ0) is 16.9. The molecule has 1 unspecified atom stereocenters. The smallest absolute Gasteiger partial charge is 0.304 e. The third-order valence-corrected chi connectivity index (χ3v) is 4.67. The van der Waals surface area contributed by atoms with Gasteiger partial charge in [0.25, 0.3) is 0 Å². The molecule has 0 heterocycles. The fourth-order valence-electron chi connectivity index (χ4n) is 2.26. The molecule has 0 spiro atoms. The summed E-state index contributed by atoms with van der Waals surface area (Å²) in [6, 6.07) is 18.5. The molecular formula is C19H22O3Si. The van der Waals surface area contributed by atoms with E-state index in [9.17, 15) is 9.59 Å². The van der Waals surface area contributed by atoms with Crippen LogP contribution in [0.5, 0.6) is 0 Å². The monoisotopic (exact) mass is 326 g/mol. The molecule has 0 saturated carbocycles. The van der Waals surface area contributed by atoms with Crippen LogP contribution in [0.1, 0.15) is 22.0 Å². The van der Waals surface area contributed by atoms with Crippen molar-refractivity contribution in [3.05, 3.63) is 71.8 Å². The highest BCUT2D eigenvalue weighted by Crippen LogP contribution is 2.24. The third-order valence-electron chi connectivity index (χ3n) is 3.32. The van der Waals surface area contributed by atoms with Gasteiger partial charge in [-0.25, -0.2) is 0 Å². The molecule has 0 N–H and O–H groups in total. The summed E-state index contributed by atoms with van der Waals surface area (Å²) in [4.78, 5) is 25.0. The summed E-state index contributed by atoms with van der Waals surface area (Å²) >= 11 is 0. The second-order valence-corrected chi connectivity index (χ2v) is 12.2. The number of carbonyl (C=O) groups is 2. The molecule has 2 rings (SSSR count). The van der Waals surface area contributed by atoms with Crippen LogP contribution < -0.4 is 0 Å². The molecule has 0 aliphatic rings. The van der Waals surface area contributed by atoms with Gasteiger partial charge in [-0.3, -0.25) is 9.59 Å². The fraction of sp³-hybridized carbons (Fsp3) is 0.263. The number of benzene rings is 2. The van der Waals surface area contributed by atoms with Gasteiger partial charge in [0.1, 0.15) is 0 Å². The predicted octanol–water partition coefficient (Wildman–Crippen LogP) is 4.49. The largest absolute Gasteiger partial charge is 0.449 e. The summed E-state index contributed by atoms with van der Waals surface area (Å²) in [7, 11) is -1.59. The molecule has 120 valence electrons. The first kappa shape index (κ1) is 17.2. The van der Waals surface area contributed by atoms with Crippen LogP contribution in [0.2, 0.25) is 25.7 Å². The summed E-state index contributed by atoms with van der Waals surface area (Å²) in [5.74, 6) is -0.497. The summed E-state index contributed by atoms with van der Waals surface area (Å²) in [6.07, 6.45) is -0.887. The standard InChI is InChI=1S/C19H22O3Si/c1-23(2,3)14-17(20)22-19(16-12-8-5-9-13-16)18(21)15-10-6-4-7-11-15/h4-13,19H,14H2,1-3H3. The molecule has 0 aromatic heterocycles. The summed E-state index contributed by atoms with van der Waals surface area (Å²) in [5.41, 5.74) is 1.24. The average molecular weight is 326 g/mol. The predicted molar refractivity (Wildman–Crippen MR) is 94.2 cm³/mol. The fourth-order valence-corrected chi connectivity index (χ4v) is 3.21. The molecule has 0 bridgehead atoms. The van der Waals surface area contributed by atoms with Crippen LogP contribution in [0.4, 0.5) is 0 Å². The van der Waals surface area contributed by atoms with Crippen LogP contribution in [0.25, 0.3) is 0 Å². The number of carbonyl (C=O) groups excluding carboxylic acids is 2. The lowest BCUT2D eigenvalue weighted by Crippen LogP contribution is -2.28. The Labute approximate surface area is 138 Å². The average Bonchev–Trinajstić information content (AvgIpc) is 2.52. The van der Waals surface area contributed by atoms with Crippen LogP contribution in [0.3, 0.4) is 0 Å². The van der Waals surface area contributed by atoms with Crippen molar-refractivity contribution < 1.29 is 14.3 Å². The van der Waals surface area contributed by atoms with Crippen molar-refractivity contribution in [1.29, 1.82) is 0 Å². The molecule has 23 heavy (non-hydrogen) atoms. The Balaban J connectivity index is 2.26. The quantitative estimate of drug-likeness (QED) is 0.446.